The van der Waals surface area contributed by atoms with E-state index in [2.05, 4.69) is 24.9 Å². The van der Waals surface area contributed by atoms with Crippen LogP contribution in [-0.4, -0.2) is 18.0 Å². The van der Waals surface area contributed by atoms with Crippen molar-refractivity contribution in [1.29, 1.82) is 0 Å². The van der Waals surface area contributed by atoms with Crippen LogP contribution in [0.15, 0.2) is 18.2 Å². The predicted octanol–water partition coefficient (Wildman–Crippen LogP) is 4.32. The molecule has 2 rings (SSSR count). The van der Waals surface area contributed by atoms with Crippen LogP contribution in [0.25, 0.3) is 0 Å². The van der Waals surface area contributed by atoms with Crippen molar-refractivity contribution in [2.45, 2.75) is 51.6 Å². The van der Waals surface area contributed by atoms with Gasteiger partial charge in [-0.2, -0.15) is 0 Å². The lowest BCUT2D eigenvalue weighted by atomic mass is 9.84. The van der Waals surface area contributed by atoms with Gasteiger partial charge in [0.2, 0.25) is 0 Å². The first kappa shape index (κ1) is 14.7. The van der Waals surface area contributed by atoms with Crippen LogP contribution in [0.5, 0.6) is 0 Å². The fourth-order valence-corrected chi connectivity index (χ4v) is 3.28. The first-order valence-electron chi connectivity index (χ1n) is 7.34. The summed E-state index contributed by atoms with van der Waals surface area (Å²) in [6.07, 6.45) is 6.77. The van der Waals surface area contributed by atoms with E-state index >= 15 is 0 Å². The maximum atomic E-state index is 6.08. The van der Waals surface area contributed by atoms with Crippen molar-refractivity contribution in [2.75, 3.05) is 12.8 Å². The molecule has 0 radical (unpaired) electrons. The number of rotatable bonds is 4. The van der Waals surface area contributed by atoms with Crippen molar-refractivity contribution < 1.29 is 0 Å². The molecule has 0 heterocycles. The van der Waals surface area contributed by atoms with Crippen molar-refractivity contribution >= 4 is 17.3 Å². The minimum atomic E-state index is 0.663. The van der Waals surface area contributed by atoms with Crippen LogP contribution in [0.3, 0.4) is 0 Å². The number of hydrogen-bond donors (Lipinski definition) is 1. The molecule has 0 aromatic heterocycles. The molecule has 0 saturated heterocycles. The fourth-order valence-electron chi connectivity index (χ4n) is 3.08. The summed E-state index contributed by atoms with van der Waals surface area (Å²) in [7, 11) is 2.22. The van der Waals surface area contributed by atoms with E-state index in [1.54, 1.807) is 0 Å². The van der Waals surface area contributed by atoms with E-state index in [0.717, 1.165) is 18.5 Å². The average Bonchev–Trinajstić information content (AvgIpc) is 2.43. The molecule has 0 amide bonds. The van der Waals surface area contributed by atoms with Gasteiger partial charge >= 0.3 is 0 Å². The molecule has 1 aromatic rings. The van der Waals surface area contributed by atoms with Gasteiger partial charge in [0.1, 0.15) is 0 Å². The topological polar surface area (TPSA) is 29.3 Å². The van der Waals surface area contributed by atoms with Crippen molar-refractivity contribution in [3.05, 3.63) is 28.8 Å². The Labute approximate surface area is 121 Å². The first-order valence-corrected chi connectivity index (χ1v) is 7.72. The smallest absolute Gasteiger partial charge is 0.0638 e. The Morgan fingerprint density at radius 1 is 1.26 bits per heavy atom. The summed E-state index contributed by atoms with van der Waals surface area (Å²) >= 11 is 6.08. The highest BCUT2D eigenvalue weighted by atomic mass is 35.5. The van der Waals surface area contributed by atoms with E-state index in [0.29, 0.717) is 10.7 Å². The molecule has 106 valence electrons. The monoisotopic (exact) mass is 280 g/mol. The third-order valence-corrected chi connectivity index (χ3v) is 4.84. The van der Waals surface area contributed by atoms with Gasteiger partial charge < -0.3 is 5.73 Å². The Bertz CT molecular complexity index is 411. The number of anilines is 1. The van der Waals surface area contributed by atoms with Gasteiger partial charge in [0.05, 0.1) is 10.7 Å². The minimum Gasteiger partial charge on any atom is -0.398 e. The zero-order chi connectivity index (χ0) is 13.8. The summed E-state index contributed by atoms with van der Waals surface area (Å²) in [6.45, 7) is 3.27. The summed E-state index contributed by atoms with van der Waals surface area (Å²) in [4.78, 5) is 2.47. The maximum Gasteiger partial charge on any atom is 0.0638 e. The number of benzene rings is 1. The van der Waals surface area contributed by atoms with Crippen LogP contribution in [0.2, 0.25) is 5.02 Å². The van der Waals surface area contributed by atoms with E-state index in [4.69, 9.17) is 17.3 Å². The third kappa shape index (κ3) is 3.87. The number of nitrogens with zero attached hydrogens (tertiary/aromatic N) is 1. The normalized spacial score (nSPS) is 23.8. The molecule has 0 aliphatic heterocycles. The molecule has 1 fully saturated rings. The lowest BCUT2D eigenvalue weighted by molar-refractivity contribution is 0.157. The Hall–Kier alpha value is -0.730. The summed E-state index contributed by atoms with van der Waals surface area (Å²) in [6, 6.07) is 6.69. The molecular weight excluding hydrogens is 256 g/mol. The minimum absolute atomic E-state index is 0.663. The molecule has 0 atom stereocenters. The molecule has 0 bridgehead atoms. The molecule has 3 heteroatoms. The Kier molecular flexibility index (Phi) is 5.12. The second kappa shape index (κ2) is 6.62. The lowest BCUT2D eigenvalue weighted by Gasteiger charge is -2.34. The van der Waals surface area contributed by atoms with Gasteiger partial charge in [-0.3, -0.25) is 4.90 Å². The Morgan fingerprint density at radius 3 is 2.53 bits per heavy atom. The van der Waals surface area contributed by atoms with E-state index < -0.39 is 0 Å². The Morgan fingerprint density at radius 2 is 1.95 bits per heavy atom. The standard InChI is InChI=1S/C16H25ClN2/c1-3-12-4-7-14(8-5-12)19(2)11-13-6-9-16(18)15(17)10-13/h6,9-10,12,14H,3-5,7-8,11,18H2,1-2H3. The van der Waals surface area contributed by atoms with Gasteiger partial charge in [-0.15, -0.1) is 0 Å². The van der Waals surface area contributed by atoms with Gasteiger partial charge in [0.25, 0.3) is 0 Å². The maximum absolute atomic E-state index is 6.08. The van der Waals surface area contributed by atoms with Gasteiger partial charge in [-0.25, -0.2) is 0 Å². The largest absolute Gasteiger partial charge is 0.398 e. The number of hydrogen-bond acceptors (Lipinski definition) is 2. The van der Waals surface area contributed by atoms with Crippen LogP contribution >= 0.6 is 11.6 Å². The van der Waals surface area contributed by atoms with Gasteiger partial charge in [-0.1, -0.05) is 31.0 Å². The number of nitrogens with two attached hydrogens (primary N) is 1. The summed E-state index contributed by atoms with van der Waals surface area (Å²) in [5.41, 5.74) is 7.66. The highest BCUT2D eigenvalue weighted by Crippen LogP contribution is 2.30. The summed E-state index contributed by atoms with van der Waals surface area (Å²) in [5, 5.41) is 0.667. The zero-order valence-electron chi connectivity index (χ0n) is 12.0. The molecule has 1 aliphatic carbocycles. The van der Waals surface area contributed by atoms with Crippen LogP contribution in [-0.2, 0) is 6.54 Å². The first-order chi connectivity index (χ1) is 9.10. The molecule has 2 nitrogen and oxygen atoms in total. The molecule has 19 heavy (non-hydrogen) atoms. The van der Waals surface area contributed by atoms with Gasteiger partial charge in [0, 0.05) is 12.6 Å². The van der Waals surface area contributed by atoms with Crippen molar-refractivity contribution in [3.63, 3.8) is 0 Å². The Balaban J connectivity index is 1.90. The third-order valence-electron chi connectivity index (χ3n) is 4.51. The van der Waals surface area contributed by atoms with E-state index in [9.17, 15) is 0 Å². The molecule has 0 unspecified atom stereocenters. The van der Waals surface area contributed by atoms with Crippen molar-refractivity contribution in [3.8, 4) is 0 Å². The van der Waals surface area contributed by atoms with Crippen molar-refractivity contribution in [2.24, 2.45) is 5.92 Å². The fraction of sp³-hybridized carbons (Fsp3) is 0.625. The highest BCUT2D eigenvalue weighted by Gasteiger charge is 2.22. The van der Waals surface area contributed by atoms with Crippen LogP contribution in [0, 0.1) is 5.92 Å². The molecule has 1 saturated carbocycles. The summed E-state index contributed by atoms with van der Waals surface area (Å²) in [5.74, 6) is 0.954. The van der Waals surface area contributed by atoms with Crippen LogP contribution in [0.1, 0.15) is 44.6 Å². The molecule has 0 spiro atoms. The van der Waals surface area contributed by atoms with Crippen LogP contribution in [0.4, 0.5) is 5.69 Å². The lowest BCUT2D eigenvalue weighted by Crippen LogP contribution is -2.34. The molecule has 2 N–H and O–H groups in total. The van der Waals surface area contributed by atoms with E-state index in [1.165, 1.54) is 37.7 Å². The molecule has 1 aliphatic rings. The number of halogens is 1. The van der Waals surface area contributed by atoms with Crippen molar-refractivity contribution in [1.82, 2.24) is 4.90 Å². The summed E-state index contributed by atoms with van der Waals surface area (Å²) < 4.78 is 0. The predicted molar refractivity (Wildman–Crippen MR) is 83.4 cm³/mol. The second-order valence-electron chi connectivity index (χ2n) is 5.85. The highest BCUT2D eigenvalue weighted by molar-refractivity contribution is 6.33. The second-order valence-corrected chi connectivity index (χ2v) is 6.26. The van der Waals surface area contributed by atoms with E-state index in [-0.39, 0.29) is 0 Å². The SMILES string of the molecule is CCC1CCC(N(C)Cc2ccc(N)c(Cl)c2)CC1. The van der Waals surface area contributed by atoms with E-state index in [1.807, 2.05) is 12.1 Å². The average molecular weight is 281 g/mol. The van der Waals surface area contributed by atoms with Gasteiger partial charge in [-0.05, 0) is 56.3 Å². The molecular formula is C16H25ClN2. The molecule has 1 aromatic carbocycles. The number of nitrogen functional groups attached to an aromatic ring is 1. The van der Waals surface area contributed by atoms with Gasteiger partial charge in [0.15, 0.2) is 0 Å². The zero-order valence-corrected chi connectivity index (χ0v) is 12.8. The van der Waals surface area contributed by atoms with Crippen LogP contribution < -0.4 is 5.73 Å². The quantitative estimate of drug-likeness (QED) is 0.832.